The molecule has 2 aromatic rings. The number of nitrogens with zero attached hydrogens (tertiary/aromatic N) is 2. The number of alkyl halides is 3. The topological polar surface area (TPSA) is 91.3 Å². The van der Waals surface area contributed by atoms with Gasteiger partial charge in [0.1, 0.15) is 11.6 Å². The first-order valence-corrected chi connectivity index (χ1v) is 11.3. The predicted octanol–water partition coefficient (Wildman–Crippen LogP) is 4.27. The van der Waals surface area contributed by atoms with Gasteiger partial charge < -0.3 is 25.8 Å². The molecule has 7 nitrogen and oxygen atoms in total. The van der Waals surface area contributed by atoms with Crippen LogP contribution in [0.15, 0.2) is 30.3 Å². The van der Waals surface area contributed by atoms with E-state index in [9.17, 15) is 18.3 Å². The summed E-state index contributed by atoms with van der Waals surface area (Å²) in [6, 6.07) is 7.15. The molecule has 0 unspecified atom stereocenters. The van der Waals surface area contributed by atoms with Gasteiger partial charge in [-0.15, -0.1) is 13.2 Å². The number of benzene rings is 1. The Morgan fingerprint density at radius 1 is 1.18 bits per heavy atom. The van der Waals surface area contributed by atoms with Gasteiger partial charge in [-0.3, -0.25) is 0 Å². The zero-order chi connectivity index (χ0) is 23.8. The Balaban J connectivity index is 1.82. The molecular formula is C23H32F3N5O2. The van der Waals surface area contributed by atoms with Crippen molar-refractivity contribution in [2.45, 2.75) is 45.5 Å². The number of piperidine rings is 1. The Labute approximate surface area is 192 Å². The van der Waals surface area contributed by atoms with Gasteiger partial charge in [0.25, 0.3) is 0 Å². The normalized spacial score (nSPS) is 16.0. The van der Waals surface area contributed by atoms with E-state index in [1.807, 2.05) is 13.8 Å². The van der Waals surface area contributed by atoms with Gasteiger partial charge in [0, 0.05) is 18.2 Å². The summed E-state index contributed by atoms with van der Waals surface area (Å²) >= 11 is 0. The second-order valence-corrected chi connectivity index (χ2v) is 8.62. The molecule has 1 atom stereocenters. The zero-order valence-electron chi connectivity index (χ0n) is 19.0. The predicted molar refractivity (Wildman–Crippen MR) is 122 cm³/mol. The molecule has 3 rings (SSSR count). The van der Waals surface area contributed by atoms with Crippen LogP contribution in [0.3, 0.4) is 0 Å². The van der Waals surface area contributed by atoms with Gasteiger partial charge in [0.2, 0.25) is 5.95 Å². The Kier molecular flexibility index (Phi) is 8.74. The van der Waals surface area contributed by atoms with Crippen molar-refractivity contribution in [3.8, 4) is 17.0 Å². The van der Waals surface area contributed by atoms with Crippen LogP contribution in [0.2, 0.25) is 0 Å². The lowest BCUT2D eigenvalue weighted by atomic mass is 9.95. The van der Waals surface area contributed by atoms with Gasteiger partial charge in [0.05, 0.1) is 18.3 Å². The first-order valence-electron chi connectivity index (χ1n) is 11.3. The van der Waals surface area contributed by atoms with E-state index in [0.29, 0.717) is 28.9 Å². The molecule has 0 aliphatic carbocycles. The molecule has 0 saturated carbocycles. The van der Waals surface area contributed by atoms with Crippen LogP contribution in [0, 0.1) is 11.8 Å². The molecule has 10 heteroatoms. The molecular weight excluding hydrogens is 435 g/mol. The van der Waals surface area contributed by atoms with Gasteiger partial charge in [-0.2, -0.15) is 4.98 Å². The maximum absolute atomic E-state index is 12.7. The number of anilines is 2. The van der Waals surface area contributed by atoms with Gasteiger partial charge in [-0.1, -0.05) is 26.0 Å². The summed E-state index contributed by atoms with van der Waals surface area (Å²) in [5.41, 5.74) is 0.915. The number of ether oxygens (including phenoxy) is 1. The fourth-order valence-electron chi connectivity index (χ4n) is 3.77. The maximum atomic E-state index is 12.7. The number of aromatic nitrogens is 2. The molecule has 1 saturated heterocycles. The summed E-state index contributed by atoms with van der Waals surface area (Å²) in [6.07, 6.45) is -1.49. The van der Waals surface area contributed by atoms with E-state index in [0.717, 1.165) is 38.9 Å². The third-order valence-corrected chi connectivity index (χ3v) is 5.72. The lowest BCUT2D eigenvalue weighted by Crippen LogP contribution is -2.30. The molecule has 1 aromatic heterocycles. The minimum atomic E-state index is -4.77. The molecule has 1 aliphatic heterocycles. The number of aliphatic hydroxyl groups is 1. The van der Waals surface area contributed by atoms with E-state index in [2.05, 4.69) is 30.7 Å². The third-order valence-electron chi connectivity index (χ3n) is 5.72. The lowest BCUT2D eigenvalue weighted by molar-refractivity contribution is -0.274. The second-order valence-electron chi connectivity index (χ2n) is 8.62. The van der Waals surface area contributed by atoms with Gasteiger partial charge in [-0.25, -0.2) is 4.98 Å². The van der Waals surface area contributed by atoms with E-state index < -0.39 is 6.36 Å². The van der Waals surface area contributed by atoms with Crippen LogP contribution in [0.5, 0.6) is 5.75 Å². The van der Waals surface area contributed by atoms with Crippen LogP contribution in [0.25, 0.3) is 11.3 Å². The first-order chi connectivity index (χ1) is 15.7. The van der Waals surface area contributed by atoms with Crippen molar-refractivity contribution in [2.24, 2.45) is 11.8 Å². The fraction of sp³-hybridized carbons (Fsp3) is 0.565. The van der Waals surface area contributed by atoms with Crippen molar-refractivity contribution in [3.05, 3.63) is 30.3 Å². The summed E-state index contributed by atoms with van der Waals surface area (Å²) in [5, 5.41) is 19.5. The lowest BCUT2D eigenvalue weighted by Gasteiger charge is -2.23. The van der Waals surface area contributed by atoms with Gasteiger partial charge >= 0.3 is 6.36 Å². The smallest absolute Gasteiger partial charge is 0.406 e. The zero-order valence-corrected chi connectivity index (χ0v) is 19.0. The van der Waals surface area contributed by atoms with E-state index in [-0.39, 0.29) is 24.3 Å². The van der Waals surface area contributed by atoms with Crippen LogP contribution in [0.1, 0.15) is 33.1 Å². The maximum Gasteiger partial charge on any atom is 0.573 e. The van der Waals surface area contributed by atoms with Crippen molar-refractivity contribution in [2.75, 3.05) is 36.9 Å². The Hall–Kier alpha value is -2.59. The monoisotopic (exact) mass is 467 g/mol. The van der Waals surface area contributed by atoms with Crippen molar-refractivity contribution in [3.63, 3.8) is 0 Å². The number of nitrogens with one attached hydrogen (secondary N) is 3. The largest absolute Gasteiger partial charge is 0.573 e. The van der Waals surface area contributed by atoms with Crippen LogP contribution in [0.4, 0.5) is 24.9 Å². The van der Waals surface area contributed by atoms with Crippen LogP contribution in [-0.2, 0) is 0 Å². The third kappa shape index (κ3) is 8.04. The summed E-state index contributed by atoms with van der Waals surface area (Å²) in [7, 11) is 0. The molecule has 4 N–H and O–H groups in total. The number of rotatable bonds is 10. The van der Waals surface area contributed by atoms with Gasteiger partial charge in [0.15, 0.2) is 0 Å². The SMILES string of the molecule is CC(C)[C@@H](CO)Nc1nc(NCCC2CCNCC2)cc(-c2cccc(OC(F)(F)F)c2)n1. The fourth-order valence-corrected chi connectivity index (χ4v) is 3.77. The summed E-state index contributed by atoms with van der Waals surface area (Å²) < 4.78 is 42.0. The highest BCUT2D eigenvalue weighted by Crippen LogP contribution is 2.29. The number of halogens is 3. The quantitative estimate of drug-likeness (QED) is 0.415. The standard InChI is InChI=1S/C23H32F3N5O2/c1-15(2)20(14-32)30-22-29-19(17-4-3-5-18(12-17)33-23(24,25)26)13-21(31-22)28-11-8-16-6-9-27-10-7-16/h3-5,12-13,15-16,20,27,32H,6-11,14H2,1-2H3,(H2,28,29,30,31)/t20-/m1/s1. The molecule has 33 heavy (non-hydrogen) atoms. The average molecular weight is 468 g/mol. The van der Waals surface area contributed by atoms with E-state index >= 15 is 0 Å². The number of hydrogen-bond donors (Lipinski definition) is 4. The van der Waals surface area contributed by atoms with E-state index in [1.54, 1.807) is 12.1 Å². The first kappa shape index (κ1) is 25.0. The van der Waals surface area contributed by atoms with Crippen LogP contribution >= 0.6 is 0 Å². The highest BCUT2D eigenvalue weighted by atomic mass is 19.4. The van der Waals surface area contributed by atoms with Crippen molar-refractivity contribution in [1.29, 1.82) is 0 Å². The van der Waals surface area contributed by atoms with Crippen LogP contribution < -0.4 is 20.7 Å². The molecule has 0 spiro atoms. The summed E-state index contributed by atoms with van der Waals surface area (Å²) in [5.74, 6) is 1.32. The molecule has 2 heterocycles. The van der Waals surface area contributed by atoms with Gasteiger partial charge in [-0.05, 0) is 56.3 Å². The summed E-state index contributed by atoms with van der Waals surface area (Å²) in [6.45, 7) is 6.63. The average Bonchev–Trinajstić information content (AvgIpc) is 2.77. The number of aliphatic hydroxyl groups excluding tert-OH is 1. The minimum absolute atomic E-state index is 0.0986. The Morgan fingerprint density at radius 3 is 2.61 bits per heavy atom. The van der Waals surface area contributed by atoms with E-state index in [1.165, 1.54) is 18.2 Å². The molecule has 1 fully saturated rings. The molecule has 0 radical (unpaired) electrons. The Bertz CT molecular complexity index is 889. The molecule has 182 valence electrons. The van der Waals surface area contributed by atoms with E-state index in [4.69, 9.17) is 0 Å². The van der Waals surface area contributed by atoms with Crippen LogP contribution in [-0.4, -0.2) is 53.7 Å². The Morgan fingerprint density at radius 2 is 1.94 bits per heavy atom. The molecule has 1 aliphatic rings. The summed E-state index contributed by atoms with van der Waals surface area (Å²) in [4.78, 5) is 9.02. The minimum Gasteiger partial charge on any atom is -0.406 e. The highest BCUT2D eigenvalue weighted by molar-refractivity contribution is 5.66. The second kappa shape index (κ2) is 11.5. The number of hydrogen-bond acceptors (Lipinski definition) is 7. The highest BCUT2D eigenvalue weighted by Gasteiger charge is 2.31. The molecule has 1 aromatic carbocycles. The van der Waals surface area contributed by atoms with Crippen molar-refractivity contribution >= 4 is 11.8 Å². The molecule has 0 amide bonds. The van der Waals surface area contributed by atoms with Crippen molar-refractivity contribution in [1.82, 2.24) is 15.3 Å². The molecule has 0 bridgehead atoms. The van der Waals surface area contributed by atoms with Crippen molar-refractivity contribution < 1.29 is 23.0 Å².